The van der Waals surface area contributed by atoms with E-state index in [9.17, 15) is 14.7 Å². The van der Waals surface area contributed by atoms with Crippen LogP contribution in [-0.4, -0.2) is 33.3 Å². The van der Waals surface area contributed by atoms with Gasteiger partial charge in [-0.1, -0.05) is 6.92 Å². The van der Waals surface area contributed by atoms with Gasteiger partial charge in [0, 0.05) is 17.3 Å². The monoisotopic (exact) mass is 308 g/mol. The molecule has 6 heteroatoms. The Kier molecular flexibility index (Phi) is 5.22. The van der Waals surface area contributed by atoms with E-state index in [2.05, 4.69) is 17.2 Å². The fraction of sp³-hybridized carbons (Fsp3) is 0.533. The van der Waals surface area contributed by atoms with Gasteiger partial charge in [-0.3, -0.25) is 9.78 Å². The summed E-state index contributed by atoms with van der Waals surface area (Å²) < 4.78 is 0. The van der Waals surface area contributed by atoms with Crippen LogP contribution in [0.25, 0.3) is 0 Å². The summed E-state index contributed by atoms with van der Waals surface area (Å²) in [4.78, 5) is 28.5. The minimum atomic E-state index is -1.08. The lowest BCUT2D eigenvalue weighted by Crippen LogP contribution is -2.56. The van der Waals surface area contributed by atoms with Crippen LogP contribution in [-0.2, 0) is 9.59 Å². The van der Waals surface area contributed by atoms with Gasteiger partial charge in [-0.25, -0.2) is 4.79 Å². The highest BCUT2D eigenvalue weighted by atomic mass is 32.2. The van der Waals surface area contributed by atoms with Crippen LogP contribution in [0.4, 0.5) is 0 Å². The minimum Gasteiger partial charge on any atom is -0.480 e. The first-order chi connectivity index (χ1) is 10.0. The number of aliphatic carboxylic acids is 1. The zero-order chi connectivity index (χ0) is 15.3. The van der Waals surface area contributed by atoms with Crippen LogP contribution < -0.4 is 5.32 Å². The van der Waals surface area contributed by atoms with Crippen LogP contribution >= 0.6 is 11.8 Å². The average molecular weight is 308 g/mol. The molecule has 1 aliphatic carbocycles. The van der Waals surface area contributed by atoms with Crippen molar-refractivity contribution in [3.05, 3.63) is 24.5 Å². The van der Waals surface area contributed by atoms with Gasteiger partial charge in [0.15, 0.2) is 0 Å². The average Bonchev–Trinajstić information content (AvgIpc) is 2.48. The van der Waals surface area contributed by atoms with Crippen molar-refractivity contribution < 1.29 is 14.7 Å². The number of hydrogen-bond donors (Lipinski definition) is 2. The standard InChI is InChI=1S/C15H20N2O3S/c1-11-2-6-15(7-3-11,14(19)20)17-13(18)10-21-12-4-8-16-9-5-12/h4-5,8-9,11H,2-3,6-7,10H2,1H3,(H,17,18)(H,19,20). The van der Waals surface area contributed by atoms with Gasteiger partial charge in [-0.15, -0.1) is 11.8 Å². The number of amides is 1. The Bertz CT molecular complexity index is 499. The molecular weight excluding hydrogens is 288 g/mol. The Balaban J connectivity index is 1.91. The summed E-state index contributed by atoms with van der Waals surface area (Å²) >= 11 is 1.38. The number of carbonyl (C=O) groups excluding carboxylic acids is 1. The first-order valence-electron chi connectivity index (χ1n) is 7.09. The molecule has 1 fully saturated rings. The maximum Gasteiger partial charge on any atom is 0.329 e. The second kappa shape index (κ2) is 6.93. The topological polar surface area (TPSA) is 79.3 Å². The largest absolute Gasteiger partial charge is 0.480 e. The number of nitrogens with zero attached hydrogens (tertiary/aromatic N) is 1. The Labute approximate surface area is 128 Å². The van der Waals surface area contributed by atoms with E-state index in [0.29, 0.717) is 18.8 Å². The summed E-state index contributed by atoms with van der Waals surface area (Å²) in [7, 11) is 0. The van der Waals surface area contributed by atoms with Gasteiger partial charge in [0.1, 0.15) is 5.54 Å². The normalized spacial score (nSPS) is 25.3. The van der Waals surface area contributed by atoms with Crippen LogP contribution in [0, 0.1) is 5.92 Å². The molecule has 2 N–H and O–H groups in total. The lowest BCUT2D eigenvalue weighted by molar-refractivity contribution is -0.149. The third-order valence-corrected chi connectivity index (χ3v) is 4.95. The first kappa shape index (κ1) is 15.8. The highest BCUT2D eigenvalue weighted by Crippen LogP contribution is 2.32. The molecule has 1 amide bonds. The molecule has 0 atom stereocenters. The molecular formula is C15H20N2O3S. The molecule has 21 heavy (non-hydrogen) atoms. The van der Waals surface area contributed by atoms with E-state index < -0.39 is 11.5 Å². The van der Waals surface area contributed by atoms with Crippen molar-refractivity contribution in [2.45, 2.75) is 43.0 Å². The van der Waals surface area contributed by atoms with Crippen LogP contribution in [0.15, 0.2) is 29.4 Å². The maximum atomic E-state index is 12.1. The SMILES string of the molecule is CC1CCC(NC(=O)CSc2ccncc2)(C(=O)O)CC1. The van der Waals surface area contributed by atoms with Crippen molar-refractivity contribution in [2.24, 2.45) is 5.92 Å². The maximum absolute atomic E-state index is 12.1. The lowest BCUT2D eigenvalue weighted by atomic mass is 9.77. The molecule has 2 rings (SSSR count). The molecule has 1 aliphatic rings. The number of thioether (sulfide) groups is 1. The molecule has 1 aromatic rings. The zero-order valence-corrected chi connectivity index (χ0v) is 12.9. The number of pyridine rings is 1. The molecule has 0 aromatic carbocycles. The van der Waals surface area contributed by atoms with Crippen molar-refractivity contribution in [1.29, 1.82) is 0 Å². The van der Waals surface area contributed by atoms with Gasteiger partial charge >= 0.3 is 5.97 Å². The molecule has 0 unspecified atom stereocenters. The molecule has 0 radical (unpaired) electrons. The number of aromatic nitrogens is 1. The molecule has 114 valence electrons. The summed E-state index contributed by atoms with van der Waals surface area (Å²) in [6.45, 7) is 2.12. The number of carboxylic acid groups (broad SMARTS) is 1. The highest BCUT2D eigenvalue weighted by Gasteiger charge is 2.42. The van der Waals surface area contributed by atoms with E-state index in [0.717, 1.165) is 17.7 Å². The summed E-state index contributed by atoms with van der Waals surface area (Å²) in [5, 5.41) is 12.2. The van der Waals surface area contributed by atoms with Gasteiger partial charge in [-0.2, -0.15) is 0 Å². The Hall–Kier alpha value is -1.56. The van der Waals surface area contributed by atoms with Gasteiger partial charge in [0.05, 0.1) is 5.75 Å². The predicted molar refractivity (Wildman–Crippen MR) is 81.1 cm³/mol. The van der Waals surface area contributed by atoms with E-state index in [1.807, 2.05) is 12.1 Å². The minimum absolute atomic E-state index is 0.217. The summed E-state index contributed by atoms with van der Waals surface area (Å²) in [5.74, 6) is -0.403. The predicted octanol–water partition coefficient (Wildman–Crippen LogP) is 2.32. The van der Waals surface area contributed by atoms with Crippen molar-refractivity contribution in [3.8, 4) is 0 Å². The summed E-state index contributed by atoms with van der Waals surface area (Å²) in [6.07, 6.45) is 6.03. The second-order valence-corrected chi connectivity index (χ2v) is 6.64. The number of hydrogen-bond acceptors (Lipinski definition) is 4. The smallest absolute Gasteiger partial charge is 0.329 e. The quantitative estimate of drug-likeness (QED) is 0.816. The molecule has 1 heterocycles. The van der Waals surface area contributed by atoms with E-state index in [4.69, 9.17) is 0 Å². The molecule has 0 bridgehead atoms. The van der Waals surface area contributed by atoms with Gasteiger partial charge in [0.2, 0.25) is 5.91 Å². The zero-order valence-electron chi connectivity index (χ0n) is 12.0. The van der Waals surface area contributed by atoms with Crippen LogP contribution in [0.3, 0.4) is 0 Å². The van der Waals surface area contributed by atoms with Crippen LogP contribution in [0.1, 0.15) is 32.6 Å². The second-order valence-electron chi connectivity index (χ2n) is 5.59. The van der Waals surface area contributed by atoms with E-state index in [1.165, 1.54) is 11.8 Å². The van der Waals surface area contributed by atoms with E-state index >= 15 is 0 Å². The van der Waals surface area contributed by atoms with E-state index in [1.54, 1.807) is 12.4 Å². The molecule has 1 saturated carbocycles. The fourth-order valence-corrected chi connectivity index (χ4v) is 3.22. The lowest BCUT2D eigenvalue weighted by Gasteiger charge is -2.36. The van der Waals surface area contributed by atoms with Crippen LogP contribution in [0.5, 0.6) is 0 Å². The molecule has 5 nitrogen and oxygen atoms in total. The van der Waals surface area contributed by atoms with Crippen LogP contribution in [0.2, 0.25) is 0 Å². The molecule has 0 spiro atoms. The van der Waals surface area contributed by atoms with Crippen molar-refractivity contribution in [1.82, 2.24) is 10.3 Å². The highest BCUT2D eigenvalue weighted by molar-refractivity contribution is 8.00. The first-order valence-corrected chi connectivity index (χ1v) is 8.08. The Morgan fingerprint density at radius 2 is 2.00 bits per heavy atom. The number of carboxylic acids is 1. The number of nitrogens with one attached hydrogen (secondary N) is 1. The fourth-order valence-electron chi connectivity index (χ4n) is 2.53. The van der Waals surface area contributed by atoms with E-state index in [-0.39, 0.29) is 11.7 Å². The third-order valence-electron chi connectivity index (χ3n) is 3.94. The van der Waals surface area contributed by atoms with Gasteiger partial charge in [-0.05, 0) is 43.7 Å². The molecule has 0 aliphatic heterocycles. The van der Waals surface area contributed by atoms with Gasteiger partial charge in [0.25, 0.3) is 0 Å². The Morgan fingerprint density at radius 3 is 2.57 bits per heavy atom. The van der Waals surface area contributed by atoms with Crippen molar-refractivity contribution in [3.63, 3.8) is 0 Å². The summed E-state index contributed by atoms with van der Waals surface area (Å²) in [6, 6.07) is 3.65. The van der Waals surface area contributed by atoms with Crippen molar-refractivity contribution >= 4 is 23.6 Å². The van der Waals surface area contributed by atoms with Gasteiger partial charge < -0.3 is 10.4 Å². The third kappa shape index (κ3) is 4.20. The number of carbonyl (C=O) groups is 2. The molecule has 0 saturated heterocycles. The Morgan fingerprint density at radius 1 is 1.38 bits per heavy atom. The molecule has 1 aromatic heterocycles. The van der Waals surface area contributed by atoms with Crippen molar-refractivity contribution in [2.75, 3.05) is 5.75 Å². The summed E-state index contributed by atoms with van der Waals surface area (Å²) in [5.41, 5.74) is -1.08. The number of rotatable bonds is 5.